The monoisotopic (exact) mass is 1480 g/mol. The molecule has 0 aliphatic heterocycles. The lowest BCUT2D eigenvalue weighted by molar-refractivity contribution is -0.161. The second-order valence-corrected chi connectivity index (χ2v) is 33.6. The molecular formula is C82H160O17P2. The summed E-state index contributed by atoms with van der Waals surface area (Å²) >= 11 is 0. The van der Waals surface area contributed by atoms with Crippen LogP contribution in [0, 0.1) is 23.7 Å². The van der Waals surface area contributed by atoms with Crippen LogP contribution in [-0.2, 0) is 65.4 Å². The number of ether oxygens (including phenoxy) is 4. The van der Waals surface area contributed by atoms with Gasteiger partial charge in [0, 0.05) is 25.7 Å². The van der Waals surface area contributed by atoms with Crippen LogP contribution in [0.5, 0.6) is 0 Å². The molecule has 0 saturated carbocycles. The van der Waals surface area contributed by atoms with Crippen LogP contribution in [0.1, 0.15) is 421 Å². The SMILES string of the molecule is CCC(C)CCCCCCCCCCCCCCCCC(=O)OC[C@H](COP(=O)(O)OC[C@@H](O)COP(=O)(O)OC[C@@H](COC(=O)CCCCCCCCC(C)CC)OC(=O)CCCCCCCCCCCCC(C)CC)OC(=O)CCCCCCCCCCCCCCCCCCC(C)C. The van der Waals surface area contributed by atoms with Gasteiger partial charge in [0.1, 0.15) is 19.3 Å². The molecule has 3 N–H and O–H groups in total. The molecule has 0 saturated heterocycles. The maximum absolute atomic E-state index is 13.1. The summed E-state index contributed by atoms with van der Waals surface area (Å²) in [6.07, 6.45) is 58.2. The van der Waals surface area contributed by atoms with Crippen molar-refractivity contribution in [2.75, 3.05) is 39.6 Å². The maximum Gasteiger partial charge on any atom is 0.472 e. The Morgan fingerprint density at radius 2 is 0.475 bits per heavy atom. The number of phosphoric acid groups is 2. The number of phosphoric ester groups is 2. The van der Waals surface area contributed by atoms with E-state index in [4.69, 9.17) is 37.0 Å². The molecule has 0 radical (unpaired) electrons. The van der Waals surface area contributed by atoms with Crippen LogP contribution in [0.15, 0.2) is 0 Å². The van der Waals surface area contributed by atoms with Gasteiger partial charge < -0.3 is 33.8 Å². The van der Waals surface area contributed by atoms with Gasteiger partial charge in [-0.15, -0.1) is 0 Å². The fourth-order valence-corrected chi connectivity index (χ4v) is 14.1. The smallest absolute Gasteiger partial charge is 0.462 e. The number of esters is 4. The molecular weight excluding hydrogens is 1320 g/mol. The molecule has 0 bridgehead atoms. The molecule has 101 heavy (non-hydrogen) atoms. The Balaban J connectivity index is 5.25. The third kappa shape index (κ3) is 72.1. The van der Waals surface area contributed by atoms with Gasteiger partial charge in [0.25, 0.3) is 0 Å². The molecule has 0 aliphatic rings. The van der Waals surface area contributed by atoms with Crippen LogP contribution in [0.2, 0.25) is 0 Å². The van der Waals surface area contributed by atoms with Gasteiger partial charge in [-0.05, 0) is 49.4 Å². The van der Waals surface area contributed by atoms with E-state index in [2.05, 4.69) is 55.4 Å². The van der Waals surface area contributed by atoms with E-state index in [0.717, 1.165) is 120 Å². The van der Waals surface area contributed by atoms with Crippen molar-refractivity contribution in [2.45, 2.75) is 440 Å². The third-order valence-corrected chi connectivity index (χ3v) is 22.1. The average molecular weight is 1480 g/mol. The van der Waals surface area contributed by atoms with Gasteiger partial charge in [0.15, 0.2) is 12.2 Å². The molecule has 600 valence electrons. The first-order chi connectivity index (χ1) is 48.7. The van der Waals surface area contributed by atoms with Crippen LogP contribution in [0.25, 0.3) is 0 Å². The Kier molecular flexibility index (Phi) is 69.6. The van der Waals surface area contributed by atoms with Crippen LogP contribution in [-0.4, -0.2) is 96.7 Å². The summed E-state index contributed by atoms with van der Waals surface area (Å²) in [5.41, 5.74) is 0. The Morgan fingerprint density at radius 3 is 0.703 bits per heavy atom. The number of aliphatic hydroxyl groups excluding tert-OH is 1. The molecule has 8 atom stereocenters. The predicted molar refractivity (Wildman–Crippen MR) is 414 cm³/mol. The minimum atomic E-state index is -4.96. The molecule has 0 aromatic heterocycles. The summed E-state index contributed by atoms with van der Waals surface area (Å²) in [5.74, 6) is 1.08. The van der Waals surface area contributed by atoms with Crippen molar-refractivity contribution in [1.29, 1.82) is 0 Å². The van der Waals surface area contributed by atoms with Gasteiger partial charge in [-0.25, -0.2) is 9.13 Å². The van der Waals surface area contributed by atoms with Crippen LogP contribution < -0.4 is 0 Å². The highest BCUT2D eigenvalue weighted by atomic mass is 31.2. The number of rotatable bonds is 79. The first-order valence-corrected chi connectivity index (χ1v) is 45.3. The van der Waals surface area contributed by atoms with Crippen molar-refractivity contribution in [3.63, 3.8) is 0 Å². The summed E-state index contributed by atoms with van der Waals surface area (Å²) < 4.78 is 68.8. The quantitative estimate of drug-likeness (QED) is 0.0222. The van der Waals surface area contributed by atoms with E-state index in [1.165, 1.54) is 218 Å². The molecule has 0 rings (SSSR count). The summed E-state index contributed by atoms with van der Waals surface area (Å²) in [7, 11) is -9.92. The Labute approximate surface area is 619 Å². The predicted octanol–water partition coefficient (Wildman–Crippen LogP) is 24.4. The van der Waals surface area contributed by atoms with Crippen molar-refractivity contribution in [1.82, 2.24) is 0 Å². The largest absolute Gasteiger partial charge is 0.472 e. The number of carbonyl (C=O) groups is 4. The highest BCUT2D eigenvalue weighted by molar-refractivity contribution is 7.47. The zero-order chi connectivity index (χ0) is 74.6. The molecule has 0 fully saturated rings. The van der Waals surface area contributed by atoms with Gasteiger partial charge in [-0.1, -0.05) is 370 Å². The topological polar surface area (TPSA) is 237 Å². The van der Waals surface area contributed by atoms with E-state index in [9.17, 15) is 43.2 Å². The molecule has 19 heteroatoms. The molecule has 5 unspecified atom stereocenters. The van der Waals surface area contributed by atoms with Crippen LogP contribution in [0.4, 0.5) is 0 Å². The number of hydrogen-bond acceptors (Lipinski definition) is 15. The van der Waals surface area contributed by atoms with Gasteiger partial charge >= 0.3 is 39.5 Å². The molecule has 17 nitrogen and oxygen atoms in total. The van der Waals surface area contributed by atoms with Crippen molar-refractivity contribution in [3.05, 3.63) is 0 Å². The average Bonchev–Trinajstić information content (AvgIpc) is 0.926. The maximum atomic E-state index is 13.1. The highest BCUT2D eigenvalue weighted by Crippen LogP contribution is 2.45. The molecule has 0 aliphatic carbocycles. The van der Waals surface area contributed by atoms with Crippen molar-refractivity contribution in [3.8, 4) is 0 Å². The van der Waals surface area contributed by atoms with Gasteiger partial charge in [-0.3, -0.25) is 37.3 Å². The molecule has 0 spiro atoms. The summed E-state index contributed by atoms with van der Waals surface area (Å²) in [4.78, 5) is 73.1. The Hall–Kier alpha value is -1.94. The van der Waals surface area contributed by atoms with Gasteiger partial charge in [0.2, 0.25) is 0 Å². The van der Waals surface area contributed by atoms with E-state index >= 15 is 0 Å². The fourth-order valence-electron chi connectivity index (χ4n) is 12.5. The standard InChI is InChI=1S/C82H160O17P2/c1-9-73(6)59-51-43-35-29-23-19-16-17-20-24-31-37-46-54-62-79(84)92-68-77(98-81(86)64-56-48-38-32-25-21-15-13-12-14-18-22-28-34-42-50-58-72(4)5)70-96-100(88,89)94-66-76(83)67-95-101(90,91)97-71-78(69-93-80(85)63-55-47-41-40-45-53-61-75(8)11-3)99-82(87)65-57-49-39-33-27-26-30-36-44-52-60-74(7)10-2/h72-78,83H,9-71H2,1-8H3,(H,88,89)(H,90,91)/t73?,74?,75?,76-,77-,78-/m1/s1. The highest BCUT2D eigenvalue weighted by Gasteiger charge is 2.30. The third-order valence-electron chi connectivity index (χ3n) is 20.2. The van der Waals surface area contributed by atoms with Crippen LogP contribution in [0.3, 0.4) is 0 Å². The van der Waals surface area contributed by atoms with E-state index in [1.54, 1.807) is 0 Å². The Morgan fingerprint density at radius 1 is 0.277 bits per heavy atom. The van der Waals surface area contributed by atoms with Crippen LogP contribution >= 0.6 is 15.6 Å². The molecule has 0 aromatic rings. The first kappa shape index (κ1) is 99.1. The molecule has 0 heterocycles. The Bertz CT molecular complexity index is 1980. The van der Waals surface area contributed by atoms with E-state index in [1.807, 2.05) is 0 Å². The minimum absolute atomic E-state index is 0.105. The summed E-state index contributed by atoms with van der Waals surface area (Å²) in [5, 5.41) is 10.6. The molecule has 0 aromatic carbocycles. The lowest BCUT2D eigenvalue weighted by atomic mass is 9.99. The van der Waals surface area contributed by atoms with E-state index in [0.29, 0.717) is 25.7 Å². The van der Waals surface area contributed by atoms with Crippen molar-refractivity contribution in [2.24, 2.45) is 23.7 Å². The number of carbonyl (C=O) groups excluding carboxylic acids is 4. The second-order valence-electron chi connectivity index (χ2n) is 30.7. The summed E-state index contributed by atoms with van der Waals surface area (Å²) in [6, 6.07) is 0. The molecule has 0 amide bonds. The van der Waals surface area contributed by atoms with E-state index < -0.39 is 97.5 Å². The lowest BCUT2D eigenvalue weighted by Gasteiger charge is -2.21. The number of hydrogen-bond donors (Lipinski definition) is 3. The minimum Gasteiger partial charge on any atom is -0.462 e. The zero-order valence-electron chi connectivity index (χ0n) is 66.5. The van der Waals surface area contributed by atoms with E-state index in [-0.39, 0.29) is 25.7 Å². The van der Waals surface area contributed by atoms with Crippen molar-refractivity contribution >= 4 is 39.5 Å². The lowest BCUT2D eigenvalue weighted by Crippen LogP contribution is -2.30. The number of aliphatic hydroxyl groups is 1. The first-order valence-electron chi connectivity index (χ1n) is 42.3. The zero-order valence-corrected chi connectivity index (χ0v) is 68.3. The number of unbranched alkanes of at least 4 members (excludes halogenated alkanes) is 42. The van der Waals surface area contributed by atoms with Gasteiger partial charge in [-0.2, -0.15) is 0 Å². The summed E-state index contributed by atoms with van der Waals surface area (Å²) in [6.45, 7) is 14.3. The second kappa shape index (κ2) is 71.0. The normalized spacial score (nSPS) is 14.8. The fraction of sp³-hybridized carbons (Fsp3) is 0.951. The van der Waals surface area contributed by atoms with Gasteiger partial charge in [0.05, 0.1) is 26.4 Å². The van der Waals surface area contributed by atoms with Crippen molar-refractivity contribution < 1.29 is 80.2 Å².